The van der Waals surface area contributed by atoms with Crippen LogP contribution in [0.1, 0.15) is 19.3 Å². The molecular weight excluding hydrogens is 226 g/mol. The van der Waals surface area contributed by atoms with Gasteiger partial charge in [0.1, 0.15) is 0 Å². The maximum atomic E-state index is 5.23. The van der Waals surface area contributed by atoms with Crippen LogP contribution in [0.2, 0.25) is 0 Å². The van der Waals surface area contributed by atoms with E-state index in [0.717, 1.165) is 25.6 Å². The molecule has 0 bridgehead atoms. The van der Waals surface area contributed by atoms with E-state index in [1.807, 2.05) is 7.11 Å². The van der Waals surface area contributed by atoms with Gasteiger partial charge < -0.3 is 19.9 Å². The summed E-state index contributed by atoms with van der Waals surface area (Å²) in [5.74, 6) is 0.791. The van der Waals surface area contributed by atoms with Crippen molar-refractivity contribution in [1.29, 1.82) is 0 Å². The molecule has 0 saturated carbocycles. The molecule has 0 amide bonds. The topological polar surface area (TPSA) is 27.7 Å². The van der Waals surface area contributed by atoms with Gasteiger partial charge in [0.25, 0.3) is 0 Å². The number of nitrogens with one attached hydrogen (secondary N) is 1. The number of hydrogen-bond acceptors (Lipinski definition) is 4. The summed E-state index contributed by atoms with van der Waals surface area (Å²) in [5.41, 5.74) is 0. The Morgan fingerprint density at radius 2 is 1.94 bits per heavy atom. The van der Waals surface area contributed by atoms with E-state index in [0.29, 0.717) is 0 Å². The predicted molar refractivity (Wildman–Crippen MR) is 77.1 cm³/mol. The molecule has 1 aliphatic rings. The van der Waals surface area contributed by atoms with Gasteiger partial charge in [-0.15, -0.1) is 0 Å². The van der Waals surface area contributed by atoms with Gasteiger partial charge in [-0.25, -0.2) is 0 Å². The monoisotopic (exact) mass is 257 g/mol. The highest BCUT2D eigenvalue weighted by Gasteiger charge is 2.18. The molecule has 1 N–H and O–H groups in total. The number of methoxy groups -OCH3 is 1. The first-order valence-electron chi connectivity index (χ1n) is 7.29. The molecule has 0 radical (unpaired) electrons. The molecule has 18 heavy (non-hydrogen) atoms. The number of hydrogen-bond donors (Lipinski definition) is 1. The van der Waals surface area contributed by atoms with Gasteiger partial charge in [-0.05, 0) is 65.5 Å². The van der Waals surface area contributed by atoms with Crippen molar-refractivity contribution in [1.82, 2.24) is 15.1 Å². The molecule has 0 spiro atoms. The summed E-state index contributed by atoms with van der Waals surface area (Å²) in [6.45, 7) is 8.06. The van der Waals surface area contributed by atoms with Crippen LogP contribution in [0.3, 0.4) is 0 Å². The first kappa shape index (κ1) is 15.9. The third-order valence-corrected chi connectivity index (χ3v) is 3.67. The largest absolute Gasteiger partial charge is 0.384 e. The minimum Gasteiger partial charge on any atom is -0.384 e. The second kappa shape index (κ2) is 9.73. The Balaban J connectivity index is 1.91. The van der Waals surface area contributed by atoms with E-state index in [4.69, 9.17) is 4.74 Å². The summed E-state index contributed by atoms with van der Waals surface area (Å²) < 4.78 is 5.23. The highest BCUT2D eigenvalue weighted by atomic mass is 16.5. The molecule has 1 aliphatic heterocycles. The molecule has 0 aliphatic carbocycles. The smallest absolute Gasteiger partial charge is 0.0491 e. The van der Waals surface area contributed by atoms with E-state index in [1.165, 1.54) is 45.4 Å². The van der Waals surface area contributed by atoms with Gasteiger partial charge in [0.2, 0.25) is 0 Å². The molecule has 1 fully saturated rings. The SMILES string of the molecule is COCC1CCN(CCNCCCN(C)C)CC1. The predicted octanol–water partition coefficient (Wildman–Crippen LogP) is 0.886. The van der Waals surface area contributed by atoms with Gasteiger partial charge in [0.05, 0.1) is 0 Å². The number of likely N-dealkylation sites (tertiary alicyclic amines) is 1. The van der Waals surface area contributed by atoms with E-state index in [-0.39, 0.29) is 0 Å². The highest BCUT2D eigenvalue weighted by Crippen LogP contribution is 2.16. The summed E-state index contributed by atoms with van der Waals surface area (Å²) in [6.07, 6.45) is 3.84. The van der Waals surface area contributed by atoms with Gasteiger partial charge in [-0.3, -0.25) is 0 Å². The van der Waals surface area contributed by atoms with Gasteiger partial charge in [0.15, 0.2) is 0 Å². The first-order chi connectivity index (χ1) is 8.72. The van der Waals surface area contributed by atoms with Crippen LogP contribution in [0.25, 0.3) is 0 Å². The zero-order valence-corrected chi connectivity index (χ0v) is 12.5. The van der Waals surface area contributed by atoms with Crippen LogP contribution in [-0.2, 0) is 4.74 Å². The Labute approximate surface area is 113 Å². The van der Waals surface area contributed by atoms with E-state index in [1.54, 1.807) is 0 Å². The molecule has 0 aromatic carbocycles. The number of ether oxygens (including phenoxy) is 1. The highest BCUT2D eigenvalue weighted by molar-refractivity contribution is 4.72. The van der Waals surface area contributed by atoms with Gasteiger partial charge in [-0.2, -0.15) is 0 Å². The molecule has 0 aromatic heterocycles. The number of nitrogens with zero attached hydrogens (tertiary/aromatic N) is 2. The average Bonchev–Trinajstić information content (AvgIpc) is 2.35. The third-order valence-electron chi connectivity index (χ3n) is 3.67. The zero-order chi connectivity index (χ0) is 13.2. The summed E-state index contributed by atoms with van der Waals surface area (Å²) in [6, 6.07) is 0. The fraction of sp³-hybridized carbons (Fsp3) is 1.00. The zero-order valence-electron chi connectivity index (χ0n) is 12.5. The molecule has 4 heteroatoms. The minimum absolute atomic E-state index is 0.791. The Bertz CT molecular complexity index is 191. The van der Waals surface area contributed by atoms with Crippen molar-refractivity contribution >= 4 is 0 Å². The standard InChI is InChI=1S/C14H31N3O/c1-16(2)9-4-7-15-8-12-17-10-5-14(6-11-17)13-18-3/h14-15H,4-13H2,1-3H3. The lowest BCUT2D eigenvalue weighted by Gasteiger charge is -2.31. The summed E-state index contributed by atoms with van der Waals surface area (Å²) in [4.78, 5) is 4.81. The molecule has 0 atom stereocenters. The van der Waals surface area contributed by atoms with Gasteiger partial charge in [0, 0.05) is 26.8 Å². The Hall–Kier alpha value is -0.160. The van der Waals surface area contributed by atoms with Crippen molar-refractivity contribution < 1.29 is 4.74 Å². The van der Waals surface area contributed by atoms with Gasteiger partial charge >= 0.3 is 0 Å². The van der Waals surface area contributed by atoms with Crippen LogP contribution in [0.5, 0.6) is 0 Å². The maximum Gasteiger partial charge on any atom is 0.0491 e. The van der Waals surface area contributed by atoms with Crippen molar-refractivity contribution in [2.24, 2.45) is 5.92 Å². The van der Waals surface area contributed by atoms with Crippen LogP contribution >= 0.6 is 0 Å². The van der Waals surface area contributed by atoms with Crippen LogP contribution in [0.15, 0.2) is 0 Å². The summed E-state index contributed by atoms with van der Waals surface area (Å²) >= 11 is 0. The number of piperidine rings is 1. The number of rotatable bonds is 9. The fourth-order valence-corrected chi connectivity index (χ4v) is 2.49. The van der Waals surface area contributed by atoms with E-state index < -0.39 is 0 Å². The van der Waals surface area contributed by atoms with E-state index in [9.17, 15) is 0 Å². The Kier molecular flexibility index (Phi) is 8.59. The van der Waals surface area contributed by atoms with Crippen molar-refractivity contribution in [3.8, 4) is 0 Å². The van der Waals surface area contributed by atoms with Crippen LogP contribution in [0, 0.1) is 5.92 Å². The lowest BCUT2D eigenvalue weighted by Crippen LogP contribution is -2.39. The van der Waals surface area contributed by atoms with E-state index in [2.05, 4.69) is 29.2 Å². The molecule has 1 rings (SSSR count). The normalized spacial score (nSPS) is 18.7. The van der Waals surface area contributed by atoms with Crippen LogP contribution in [-0.4, -0.2) is 76.9 Å². The van der Waals surface area contributed by atoms with Crippen LogP contribution in [0.4, 0.5) is 0 Å². The third kappa shape index (κ3) is 7.31. The molecule has 1 saturated heterocycles. The van der Waals surface area contributed by atoms with E-state index >= 15 is 0 Å². The maximum absolute atomic E-state index is 5.23. The lowest BCUT2D eigenvalue weighted by atomic mass is 9.98. The lowest BCUT2D eigenvalue weighted by molar-refractivity contribution is 0.0999. The quantitative estimate of drug-likeness (QED) is 0.621. The second-order valence-electron chi connectivity index (χ2n) is 5.65. The molecule has 1 heterocycles. The van der Waals surface area contributed by atoms with Crippen molar-refractivity contribution in [3.05, 3.63) is 0 Å². The van der Waals surface area contributed by atoms with Crippen molar-refractivity contribution in [3.63, 3.8) is 0 Å². The van der Waals surface area contributed by atoms with Crippen molar-refractivity contribution in [2.45, 2.75) is 19.3 Å². The molecule has 4 nitrogen and oxygen atoms in total. The Morgan fingerprint density at radius 3 is 2.56 bits per heavy atom. The molecule has 0 unspecified atom stereocenters. The first-order valence-corrected chi connectivity index (χ1v) is 7.29. The fourth-order valence-electron chi connectivity index (χ4n) is 2.49. The summed E-state index contributed by atoms with van der Waals surface area (Å²) in [7, 11) is 6.07. The van der Waals surface area contributed by atoms with Gasteiger partial charge in [-0.1, -0.05) is 0 Å². The molecule has 108 valence electrons. The van der Waals surface area contributed by atoms with Crippen molar-refractivity contribution in [2.75, 3.05) is 67.1 Å². The van der Waals surface area contributed by atoms with Crippen LogP contribution < -0.4 is 5.32 Å². The summed E-state index contributed by atoms with van der Waals surface area (Å²) in [5, 5.41) is 3.53. The molecule has 0 aromatic rings. The molecular formula is C14H31N3O. The average molecular weight is 257 g/mol. The minimum atomic E-state index is 0.791. The second-order valence-corrected chi connectivity index (χ2v) is 5.65. The Morgan fingerprint density at radius 1 is 1.22 bits per heavy atom.